The zero-order chi connectivity index (χ0) is 26.2. The third kappa shape index (κ3) is 5.08. The number of rotatable bonds is 6. The van der Waals surface area contributed by atoms with Gasteiger partial charge < -0.3 is 9.47 Å². The Kier molecular flexibility index (Phi) is 7.21. The summed E-state index contributed by atoms with van der Waals surface area (Å²) in [6.07, 6.45) is 1.61. The average Bonchev–Trinajstić information content (AvgIpc) is 3.42. The Bertz CT molecular complexity index is 1320. The summed E-state index contributed by atoms with van der Waals surface area (Å²) in [4.78, 5) is 1.73. The second kappa shape index (κ2) is 10.4. The Morgan fingerprint density at radius 2 is 1.59 bits per heavy atom. The van der Waals surface area contributed by atoms with E-state index in [1.807, 2.05) is 4.57 Å². The molecular weight excluding hydrogens is 510 g/mol. The molecule has 2 aromatic carbocycles. The molecule has 2 unspecified atom stereocenters. The van der Waals surface area contributed by atoms with E-state index in [2.05, 4.69) is 10.2 Å². The van der Waals surface area contributed by atoms with Crippen LogP contribution in [-0.2, 0) is 16.6 Å². The van der Waals surface area contributed by atoms with Crippen LogP contribution < -0.4 is 4.90 Å². The second-order valence-electron chi connectivity index (χ2n) is 9.49. The zero-order valence-corrected chi connectivity index (χ0v) is 20.7. The molecule has 2 atom stereocenters. The van der Waals surface area contributed by atoms with Crippen molar-refractivity contribution in [3.05, 3.63) is 77.9 Å². The molecule has 5 rings (SSSR count). The maximum absolute atomic E-state index is 15.2. The predicted molar refractivity (Wildman–Crippen MR) is 130 cm³/mol. The molecule has 0 amide bonds. The largest absolute Gasteiger partial charge is 0.369 e. The Labute approximate surface area is 212 Å². The summed E-state index contributed by atoms with van der Waals surface area (Å²) in [6.45, 7) is 0.288. The zero-order valence-electron chi connectivity index (χ0n) is 19.9. The van der Waals surface area contributed by atoms with Crippen molar-refractivity contribution < 1.29 is 26.0 Å². The van der Waals surface area contributed by atoms with E-state index >= 15 is 8.78 Å². The van der Waals surface area contributed by atoms with Gasteiger partial charge in [-0.25, -0.2) is 26.0 Å². The Hall–Kier alpha value is -2.99. The van der Waals surface area contributed by atoms with Gasteiger partial charge in [0.15, 0.2) is 0 Å². The van der Waals surface area contributed by atoms with Crippen LogP contribution in [0.5, 0.6) is 0 Å². The van der Waals surface area contributed by atoms with Crippen molar-refractivity contribution in [2.24, 2.45) is 0 Å². The first kappa shape index (κ1) is 25.7. The van der Waals surface area contributed by atoms with Crippen molar-refractivity contribution in [2.45, 2.75) is 56.0 Å². The SMILES string of the molecule is O=S1(=O)C(c2ccccc2)CCC(C(F)F)N1Cc1cc(F)c(N2CCC(n3cnnc3)CC2)cc1F. The fourth-order valence-electron chi connectivity index (χ4n) is 5.34. The first-order chi connectivity index (χ1) is 17.8. The van der Waals surface area contributed by atoms with E-state index < -0.39 is 45.9 Å². The van der Waals surface area contributed by atoms with Crippen LogP contribution in [0.3, 0.4) is 0 Å². The van der Waals surface area contributed by atoms with Crippen molar-refractivity contribution in [3.63, 3.8) is 0 Å². The monoisotopic (exact) mass is 537 g/mol. The minimum absolute atomic E-state index is 0.0265. The molecule has 12 heteroatoms. The van der Waals surface area contributed by atoms with Gasteiger partial charge in [0.1, 0.15) is 29.5 Å². The summed E-state index contributed by atoms with van der Waals surface area (Å²) in [5, 5.41) is 6.58. The maximum Gasteiger partial charge on any atom is 0.255 e. The highest BCUT2D eigenvalue weighted by atomic mass is 32.2. The molecule has 3 heterocycles. The third-order valence-corrected chi connectivity index (χ3v) is 9.63. The molecule has 0 N–H and O–H groups in total. The highest BCUT2D eigenvalue weighted by molar-refractivity contribution is 7.89. The smallest absolute Gasteiger partial charge is 0.255 e. The minimum atomic E-state index is -4.26. The third-order valence-electron chi connectivity index (χ3n) is 7.35. The van der Waals surface area contributed by atoms with Gasteiger partial charge in [0, 0.05) is 37.3 Å². The highest BCUT2D eigenvalue weighted by Crippen LogP contribution is 2.40. The minimum Gasteiger partial charge on any atom is -0.369 e. The molecule has 2 aliphatic rings. The lowest BCUT2D eigenvalue weighted by atomic mass is 10.0. The summed E-state index contributed by atoms with van der Waals surface area (Å²) >= 11 is 0. The van der Waals surface area contributed by atoms with E-state index in [9.17, 15) is 17.2 Å². The van der Waals surface area contributed by atoms with Gasteiger partial charge in [-0.1, -0.05) is 30.3 Å². The van der Waals surface area contributed by atoms with Gasteiger partial charge in [-0.3, -0.25) is 0 Å². The first-order valence-electron chi connectivity index (χ1n) is 12.2. The number of alkyl halides is 2. The Morgan fingerprint density at radius 3 is 2.24 bits per heavy atom. The number of sulfonamides is 1. The molecule has 2 fully saturated rings. The number of hydrogen-bond acceptors (Lipinski definition) is 5. The van der Waals surface area contributed by atoms with Crippen LogP contribution in [0, 0.1) is 11.6 Å². The van der Waals surface area contributed by atoms with Crippen LogP contribution in [0.15, 0.2) is 55.1 Å². The van der Waals surface area contributed by atoms with E-state index in [-0.39, 0.29) is 30.1 Å². The summed E-state index contributed by atoms with van der Waals surface area (Å²) in [7, 11) is -4.26. The molecule has 3 aromatic rings. The van der Waals surface area contributed by atoms with Crippen molar-refractivity contribution in [1.29, 1.82) is 0 Å². The summed E-state index contributed by atoms with van der Waals surface area (Å²) in [5.74, 6) is -1.55. The lowest BCUT2D eigenvalue weighted by Crippen LogP contribution is -2.49. The lowest BCUT2D eigenvalue weighted by molar-refractivity contribution is 0.0472. The van der Waals surface area contributed by atoms with Gasteiger partial charge in [-0.05, 0) is 37.3 Å². The molecule has 0 spiro atoms. The Balaban J connectivity index is 1.37. The van der Waals surface area contributed by atoms with E-state index in [1.54, 1.807) is 47.9 Å². The molecular formula is C25H27F4N5O2S. The van der Waals surface area contributed by atoms with Crippen LogP contribution in [0.4, 0.5) is 23.2 Å². The number of halogens is 4. The van der Waals surface area contributed by atoms with Crippen molar-refractivity contribution in [3.8, 4) is 0 Å². The molecule has 2 aliphatic heterocycles. The number of piperidine rings is 1. The quantitative estimate of drug-likeness (QED) is 0.427. The van der Waals surface area contributed by atoms with Crippen LogP contribution >= 0.6 is 0 Å². The number of benzene rings is 2. The maximum atomic E-state index is 15.2. The molecule has 7 nitrogen and oxygen atoms in total. The topological polar surface area (TPSA) is 71.3 Å². The highest BCUT2D eigenvalue weighted by Gasteiger charge is 2.45. The molecule has 0 radical (unpaired) electrons. The summed E-state index contributed by atoms with van der Waals surface area (Å²) in [6, 6.07) is 8.86. The molecule has 198 valence electrons. The van der Waals surface area contributed by atoms with E-state index in [0.717, 1.165) is 12.1 Å². The number of nitrogens with zero attached hydrogens (tertiary/aromatic N) is 5. The van der Waals surface area contributed by atoms with Crippen LogP contribution in [0.1, 0.15) is 48.1 Å². The number of anilines is 1. The van der Waals surface area contributed by atoms with Gasteiger partial charge in [0.2, 0.25) is 10.0 Å². The summed E-state index contributed by atoms with van der Waals surface area (Å²) < 4.78 is 87.5. The van der Waals surface area contributed by atoms with Crippen molar-refractivity contribution >= 4 is 15.7 Å². The average molecular weight is 538 g/mol. The standard InChI is InChI=1S/C25H27F4N5O2S/c26-20-13-23(32-10-8-19(9-11-32)33-15-30-31-16-33)21(27)12-18(20)14-34-22(25(28)29)6-7-24(37(34,35)36)17-4-2-1-3-5-17/h1-5,12-13,15-16,19,22,24-25H,6-11,14H2. The van der Waals surface area contributed by atoms with Gasteiger partial charge >= 0.3 is 0 Å². The predicted octanol–water partition coefficient (Wildman–Crippen LogP) is 4.70. The van der Waals surface area contributed by atoms with E-state index in [4.69, 9.17) is 0 Å². The van der Waals surface area contributed by atoms with Gasteiger partial charge in [-0.2, -0.15) is 4.31 Å². The normalized spacial score (nSPS) is 23.0. The van der Waals surface area contributed by atoms with Gasteiger partial charge in [-0.15, -0.1) is 10.2 Å². The number of aromatic nitrogens is 3. The molecule has 0 aliphatic carbocycles. The van der Waals surface area contributed by atoms with Gasteiger partial charge in [0.05, 0.1) is 11.7 Å². The van der Waals surface area contributed by atoms with Crippen LogP contribution in [0.25, 0.3) is 0 Å². The number of hydrogen-bond donors (Lipinski definition) is 0. The molecule has 0 saturated carbocycles. The molecule has 1 aromatic heterocycles. The second-order valence-corrected chi connectivity index (χ2v) is 11.6. The summed E-state index contributed by atoms with van der Waals surface area (Å²) in [5.41, 5.74) is 0.276. The van der Waals surface area contributed by atoms with Gasteiger partial charge in [0.25, 0.3) is 6.43 Å². The van der Waals surface area contributed by atoms with Crippen LogP contribution in [-0.4, -0.2) is 53.0 Å². The van der Waals surface area contributed by atoms with E-state index in [0.29, 0.717) is 35.8 Å². The van der Waals surface area contributed by atoms with Crippen molar-refractivity contribution in [1.82, 2.24) is 19.1 Å². The van der Waals surface area contributed by atoms with Crippen LogP contribution in [0.2, 0.25) is 0 Å². The first-order valence-corrected chi connectivity index (χ1v) is 13.7. The molecule has 37 heavy (non-hydrogen) atoms. The lowest BCUT2D eigenvalue weighted by Gasteiger charge is -2.39. The van der Waals surface area contributed by atoms with Crippen molar-refractivity contribution in [2.75, 3.05) is 18.0 Å². The fourth-order valence-corrected chi connectivity index (χ4v) is 7.50. The van der Waals surface area contributed by atoms with E-state index in [1.165, 1.54) is 0 Å². The molecule has 0 bridgehead atoms. The Morgan fingerprint density at radius 1 is 0.919 bits per heavy atom. The fraction of sp³-hybridized carbons (Fsp3) is 0.440. The molecule has 2 saturated heterocycles.